The molecule has 25 heavy (non-hydrogen) atoms. The zero-order valence-electron chi connectivity index (χ0n) is 14.2. The number of carbonyl (C=O) groups excluding carboxylic acids is 1. The van der Waals surface area contributed by atoms with Crippen molar-refractivity contribution in [1.82, 2.24) is 20.2 Å². The Balaban J connectivity index is 1.77. The van der Waals surface area contributed by atoms with Gasteiger partial charge < -0.3 is 4.74 Å². The number of ketones is 1. The van der Waals surface area contributed by atoms with Crippen molar-refractivity contribution in [2.45, 2.75) is 24.3 Å². The summed E-state index contributed by atoms with van der Waals surface area (Å²) in [5, 5.41) is 12.1. The Kier molecular flexibility index (Phi) is 5.14. The summed E-state index contributed by atoms with van der Waals surface area (Å²) in [4.78, 5) is 12.6. The number of ether oxygens (including phenoxy) is 1. The number of carbonyl (C=O) groups is 1. The third-order valence-corrected chi connectivity index (χ3v) is 4.78. The smallest absolute Gasteiger partial charge is 0.214 e. The number of thioether (sulfide) groups is 1. The van der Waals surface area contributed by atoms with Crippen LogP contribution in [0, 0.1) is 6.92 Å². The van der Waals surface area contributed by atoms with Gasteiger partial charge in [-0.2, -0.15) is 4.68 Å². The Morgan fingerprint density at radius 2 is 1.80 bits per heavy atom. The topological polar surface area (TPSA) is 69.9 Å². The van der Waals surface area contributed by atoms with Gasteiger partial charge in [0.1, 0.15) is 5.75 Å². The molecule has 0 aliphatic heterocycles. The molecule has 0 radical (unpaired) electrons. The van der Waals surface area contributed by atoms with Crippen LogP contribution in [0.15, 0.2) is 53.7 Å². The lowest BCUT2D eigenvalue weighted by molar-refractivity contribution is 0.0994. The van der Waals surface area contributed by atoms with Crippen LogP contribution in [0.2, 0.25) is 0 Å². The van der Waals surface area contributed by atoms with E-state index in [2.05, 4.69) is 15.5 Å². The Bertz CT molecular complexity index is 860. The van der Waals surface area contributed by atoms with Crippen LogP contribution in [0.1, 0.15) is 22.8 Å². The van der Waals surface area contributed by atoms with Crippen LogP contribution < -0.4 is 4.74 Å². The number of aromatic nitrogens is 4. The van der Waals surface area contributed by atoms with Crippen molar-refractivity contribution in [3.63, 3.8) is 0 Å². The molecule has 1 heterocycles. The van der Waals surface area contributed by atoms with Gasteiger partial charge >= 0.3 is 0 Å². The largest absolute Gasteiger partial charge is 0.497 e. The van der Waals surface area contributed by atoms with Gasteiger partial charge in [0.25, 0.3) is 0 Å². The summed E-state index contributed by atoms with van der Waals surface area (Å²) in [7, 11) is 1.60. The van der Waals surface area contributed by atoms with Crippen molar-refractivity contribution in [2.24, 2.45) is 0 Å². The number of benzene rings is 2. The summed E-state index contributed by atoms with van der Waals surface area (Å²) in [6.45, 7) is 3.88. The molecule has 0 N–H and O–H groups in total. The average molecular weight is 354 g/mol. The van der Waals surface area contributed by atoms with E-state index in [1.807, 2.05) is 38.1 Å². The van der Waals surface area contributed by atoms with Gasteiger partial charge in [-0.3, -0.25) is 4.79 Å². The second-order valence-corrected chi connectivity index (χ2v) is 6.87. The van der Waals surface area contributed by atoms with Crippen LogP contribution in [-0.2, 0) is 0 Å². The number of nitrogens with zero attached hydrogens (tertiary/aromatic N) is 4. The molecule has 0 spiro atoms. The zero-order valence-corrected chi connectivity index (χ0v) is 15.0. The molecule has 1 aromatic heterocycles. The lowest BCUT2D eigenvalue weighted by atomic mass is 10.1. The van der Waals surface area contributed by atoms with Crippen molar-refractivity contribution in [1.29, 1.82) is 0 Å². The predicted molar refractivity (Wildman–Crippen MR) is 96.5 cm³/mol. The highest BCUT2D eigenvalue weighted by Crippen LogP contribution is 2.26. The molecule has 0 bridgehead atoms. The molecule has 2 aromatic carbocycles. The highest BCUT2D eigenvalue weighted by atomic mass is 32.2. The van der Waals surface area contributed by atoms with Gasteiger partial charge in [0.2, 0.25) is 5.16 Å². The maximum Gasteiger partial charge on any atom is 0.214 e. The zero-order chi connectivity index (χ0) is 17.8. The second-order valence-electron chi connectivity index (χ2n) is 5.56. The molecular weight excluding hydrogens is 336 g/mol. The van der Waals surface area contributed by atoms with E-state index in [1.165, 1.54) is 11.8 Å². The van der Waals surface area contributed by atoms with Gasteiger partial charge in [-0.25, -0.2) is 0 Å². The number of methoxy groups -OCH3 is 1. The van der Waals surface area contributed by atoms with Gasteiger partial charge in [-0.15, -0.1) is 5.10 Å². The molecule has 0 amide bonds. The van der Waals surface area contributed by atoms with E-state index in [0.29, 0.717) is 10.7 Å². The van der Waals surface area contributed by atoms with Crippen LogP contribution in [0.4, 0.5) is 0 Å². The SMILES string of the molecule is COc1ccc(C(=O)C(C)Sc2nnnn2-c2ccc(C)cc2)cc1. The Hall–Kier alpha value is -2.67. The Morgan fingerprint density at radius 1 is 1.12 bits per heavy atom. The number of rotatable bonds is 6. The van der Waals surface area contributed by atoms with Gasteiger partial charge in [0.05, 0.1) is 18.0 Å². The minimum absolute atomic E-state index is 0.0195. The molecule has 1 unspecified atom stereocenters. The highest BCUT2D eigenvalue weighted by Gasteiger charge is 2.20. The molecule has 3 rings (SSSR count). The molecule has 0 saturated carbocycles. The lowest BCUT2D eigenvalue weighted by Gasteiger charge is -2.10. The molecule has 0 aliphatic carbocycles. The summed E-state index contributed by atoms with van der Waals surface area (Å²) in [6.07, 6.45) is 0. The Labute approximate surface area is 150 Å². The van der Waals surface area contributed by atoms with Crippen LogP contribution >= 0.6 is 11.8 Å². The number of hydrogen-bond donors (Lipinski definition) is 0. The van der Waals surface area contributed by atoms with E-state index in [4.69, 9.17) is 4.74 Å². The van der Waals surface area contributed by atoms with Crippen LogP contribution in [0.5, 0.6) is 5.75 Å². The maximum absolute atomic E-state index is 12.6. The van der Waals surface area contributed by atoms with E-state index in [9.17, 15) is 4.79 Å². The number of aryl methyl sites for hydroxylation is 1. The minimum atomic E-state index is -0.316. The standard InChI is InChI=1S/C18H18N4O2S/c1-12-4-8-15(9-5-12)22-18(19-20-21-22)25-13(2)17(23)14-6-10-16(24-3)11-7-14/h4-11,13H,1-3H3. The fraction of sp³-hybridized carbons (Fsp3) is 0.222. The van der Waals surface area contributed by atoms with Crippen molar-refractivity contribution in [2.75, 3.05) is 7.11 Å². The summed E-state index contributed by atoms with van der Waals surface area (Å²) < 4.78 is 6.76. The molecule has 0 saturated heterocycles. The van der Waals surface area contributed by atoms with E-state index in [-0.39, 0.29) is 11.0 Å². The summed E-state index contributed by atoms with van der Waals surface area (Å²) in [5.74, 6) is 0.742. The van der Waals surface area contributed by atoms with E-state index in [1.54, 1.807) is 36.1 Å². The first-order valence-corrected chi connectivity index (χ1v) is 8.67. The third kappa shape index (κ3) is 3.88. The fourth-order valence-corrected chi connectivity index (χ4v) is 3.19. The molecule has 3 aromatic rings. The average Bonchev–Trinajstić information content (AvgIpc) is 3.10. The molecule has 128 valence electrons. The quantitative estimate of drug-likeness (QED) is 0.499. The van der Waals surface area contributed by atoms with Crippen LogP contribution in [0.3, 0.4) is 0 Å². The Morgan fingerprint density at radius 3 is 2.44 bits per heavy atom. The molecule has 0 aliphatic rings. The molecule has 1 atom stereocenters. The van der Waals surface area contributed by atoms with Crippen molar-refractivity contribution >= 4 is 17.5 Å². The van der Waals surface area contributed by atoms with E-state index >= 15 is 0 Å². The molecular formula is C18H18N4O2S. The number of hydrogen-bond acceptors (Lipinski definition) is 6. The van der Waals surface area contributed by atoms with Crippen molar-refractivity contribution in [3.05, 3.63) is 59.7 Å². The summed E-state index contributed by atoms with van der Waals surface area (Å²) >= 11 is 1.33. The first-order chi connectivity index (χ1) is 12.1. The minimum Gasteiger partial charge on any atom is -0.497 e. The number of Topliss-reactive ketones (excluding diaryl/α,β-unsaturated/α-hetero) is 1. The first-order valence-electron chi connectivity index (χ1n) is 7.79. The third-order valence-electron chi connectivity index (χ3n) is 3.75. The van der Waals surface area contributed by atoms with Gasteiger partial charge in [0.15, 0.2) is 5.78 Å². The molecule has 0 fully saturated rings. The lowest BCUT2D eigenvalue weighted by Crippen LogP contribution is -2.14. The predicted octanol–water partition coefficient (Wildman–Crippen LogP) is 3.34. The number of tetrazole rings is 1. The van der Waals surface area contributed by atoms with Crippen LogP contribution in [-0.4, -0.2) is 38.4 Å². The summed E-state index contributed by atoms with van der Waals surface area (Å²) in [6, 6.07) is 15.0. The fourth-order valence-electron chi connectivity index (χ4n) is 2.30. The summed E-state index contributed by atoms with van der Waals surface area (Å²) in [5.41, 5.74) is 2.66. The highest BCUT2D eigenvalue weighted by molar-refractivity contribution is 8.00. The van der Waals surface area contributed by atoms with Gasteiger partial charge in [-0.1, -0.05) is 29.5 Å². The van der Waals surface area contributed by atoms with Gasteiger partial charge in [-0.05, 0) is 60.7 Å². The maximum atomic E-state index is 12.6. The normalized spacial score (nSPS) is 12.0. The second kappa shape index (κ2) is 7.48. The van der Waals surface area contributed by atoms with Gasteiger partial charge in [0, 0.05) is 5.56 Å². The van der Waals surface area contributed by atoms with E-state index in [0.717, 1.165) is 17.0 Å². The van der Waals surface area contributed by atoms with Crippen molar-refractivity contribution < 1.29 is 9.53 Å². The van der Waals surface area contributed by atoms with E-state index < -0.39 is 0 Å². The first kappa shape index (κ1) is 17.2. The van der Waals surface area contributed by atoms with Crippen LogP contribution in [0.25, 0.3) is 5.69 Å². The monoisotopic (exact) mass is 354 g/mol. The van der Waals surface area contributed by atoms with Crippen molar-refractivity contribution in [3.8, 4) is 11.4 Å². The molecule has 6 nitrogen and oxygen atoms in total. The molecule has 7 heteroatoms.